The van der Waals surface area contributed by atoms with Crippen molar-refractivity contribution in [1.29, 1.82) is 0 Å². The van der Waals surface area contributed by atoms with Gasteiger partial charge in [-0.1, -0.05) is 24.3 Å². The highest BCUT2D eigenvalue weighted by Gasteiger charge is 2.11. The molecular weight excluding hydrogens is 354 g/mol. The summed E-state index contributed by atoms with van der Waals surface area (Å²) >= 11 is 0. The average molecular weight is 377 g/mol. The fraction of sp³-hybridized carbons (Fsp3) is 0.190. The summed E-state index contributed by atoms with van der Waals surface area (Å²) in [5.74, 6) is 0.543. The van der Waals surface area contributed by atoms with Crippen LogP contribution in [0.15, 0.2) is 73.1 Å². The highest BCUT2D eigenvalue weighted by molar-refractivity contribution is 5.89. The minimum atomic E-state index is -0.276. The van der Waals surface area contributed by atoms with E-state index in [4.69, 9.17) is 4.74 Å². The SMILES string of the molecule is C[C@H](CNC(=O)Nc1cccc(Oc2ncccn2)c1)N(C)c1ccccc1. The van der Waals surface area contributed by atoms with Gasteiger partial charge < -0.3 is 20.3 Å². The molecule has 3 rings (SSSR count). The summed E-state index contributed by atoms with van der Waals surface area (Å²) in [5, 5.41) is 5.71. The molecule has 144 valence electrons. The van der Waals surface area contributed by atoms with Crippen molar-refractivity contribution >= 4 is 17.4 Å². The van der Waals surface area contributed by atoms with Gasteiger partial charge in [0.1, 0.15) is 5.75 Å². The molecular formula is C21H23N5O2. The molecule has 0 aliphatic carbocycles. The van der Waals surface area contributed by atoms with Gasteiger partial charge in [0.25, 0.3) is 0 Å². The van der Waals surface area contributed by atoms with E-state index < -0.39 is 0 Å². The number of benzene rings is 2. The predicted molar refractivity (Wildman–Crippen MR) is 110 cm³/mol. The van der Waals surface area contributed by atoms with Crippen LogP contribution in [0, 0.1) is 0 Å². The van der Waals surface area contributed by atoms with Gasteiger partial charge in [0, 0.05) is 49.5 Å². The standard InChI is InChI=1S/C21H23N5O2/c1-16(26(2)18-9-4-3-5-10-18)15-24-20(27)25-17-8-6-11-19(14-17)28-21-22-12-7-13-23-21/h3-14,16H,15H2,1-2H3,(H2,24,25,27)/t16-/m1/s1. The zero-order valence-corrected chi connectivity index (χ0v) is 15.9. The third kappa shape index (κ3) is 5.44. The van der Waals surface area contributed by atoms with E-state index in [9.17, 15) is 4.79 Å². The average Bonchev–Trinajstić information content (AvgIpc) is 2.73. The Balaban J connectivity index is 1.51. The van der Waals surface area contributed by atoms with Crippen LogP contribution in [0.5, 0.6) is 11.8 Å². The second kappa shape index (κ2) is 9.36. The Bertz CT molecular complexity index is 890. The molecule has 1 atom stereocenters. The highest BCUT2D eigenvalue weighted by Crippen LogP contribution is 2.21. The summed E-state index contributed by atoms with van der Waals surface area (Å²) in [6.45, 7) is 2.56. The number of ether oxygens (including phenoxy) is 1. The Hall–Kier alpha value is -3.61. The lowest BCUT2D eigenvalue weighted by Gasteiger charge is -2.27. The van der Waals surface area contributed by atoms with Gasteiger partial charge in [-0.15, -0.1) is 0 Å². The van der Waals surface area contributed by atoms with Gasteiger partial charge in [0.05, 0.1) is 0 Å². The monoisotopic (exact) mass is 377 g/mol. The zero-order valence-electron chi connectivity index (χ0n) is 15.9. The summed E-state index contributed by atoms with van der Waals surface area (Å²) in [5.41, 5.74) is 1.72. The van der Waals surface area contributed by atoms with Crippen LogP contribution < -0.4 is 20.3 Å². The molecule has 0 saturated heterocycles. The second-order valence-electron chi connectivity index (χ2n) is 6.29. The van der Waals surface area contributed by atoms with Crippen molar-refractivity contribution in [2.75, 3.05) is 23.8 Å². The summed E-state index contributed by atoms with van der Waals surface area (Å²) in [4.78, 5) is 22.4. The van der Waals surface area contributed by atoms with Crippen LogP contribution in [0.3, 0.4) is 0 Å². The smallest absolute Gasteiger partial charge is 0.321 e. The number of amides is 2. The molecule has 28 heavy (non-hydrogen) atoms. The van der Waals surface area contributed by atoms with Crippen LogP contribution in [0.25, 0.3) is 0 Å². The lowest BCUT2D eigenvalue weighted by atomic mass is 10.2. The molecule has 3 aromatic rings. The largest absolute Gasteiger partial charge is 0.424 e. The quantitative estimate of drug-likeness (QED) is 0.652. The molecule has 0 spiro atoms. The van der Waals surface area contributed by atoms with Crippen LogP contribution in [-0.2, 0) is 0 Å². The zero-order chi connectivity index (χ0) is 19.8. The molecule has 2 amide bonds. The number of anilines is 2. The Morgan fingerprint density at radius 1 is 1.07 bits per heavy atom. The molecule has 0 unspecified atom stereocenters. The molecule has 1 aromatic heterocycles. The molecule has 7 nitrogen and oxygen atoms in total. The first-order valence-electron chi connectivity index (χ1n) is 8.99. The van der Waals surface area contributed by atoms with E-state index in [0.717, 1.165) is 5.69 Å². The first-order chi connectivity index (χ1) is 13.6. The van der Waals surface area contributed by atoms with Crippen molar-refractivity contribution in [1.82, 2.24) is 15.3 Å². The van der Waals surface area contributed by atoms with E-state index in [2.05, 4.69) is 32.4 Å². The third-order valence-electron chi connectivity index (χ3n) is 4.23. The maximum Gasteiger partial charge on any atom is 0.321 e. The molecule has 7 heteroatoms. The normalized spacial score (nSPS) is 11.4. The number of carbonyl (C=O) groups excluding carboxylic acids is 1. The number of rotatable bonds is 7. The van der Waals surface area contributed by atoms with Gasteiger partial charge in [0.15, 0.2) is 0 Å². The van der Waals surface area contributed by atoms with Gasteiger partial charge in [-0.2, -0.15) is 0 Å². The number of hydrogen-bond acceptors (Lipinski definition) is 5. The Kier molecular flexibility index (Phi) is 6.41. The molecule has 1 heterocycles. The van der Waals surface area contributed by atoms with Gasteiger partial charge in [0.2, 0.25) is 0 Å². The highest BCUT2D eigenvalue weighted by atomic mass is 16.5. The maximum absolute atomic E-state index is 12.2. The maximum atomic E-state index is 12.2. The van der Waals surface area contributed by atoms with Crippen molar-refractivity contribution in [2.24, 2.45) is 0 Å². The van der Waals surface area contributed by atoms with Crippen LogP contribution in [0.4, 0.5) is 16.2 Å². The molecule has 0 saturated carbocycles. The van der Waals surface area contributed by atoms with Crippen LogP contribution in [0.1, 0.15) is 6.92 Å². The second-order valence-corrected chi connectivity index (χ2v) is 6.29. The van der Waals surface area contributed by atoms with E-state index in [0.29, 0.717) is 18.0 Å². The summed E-state index contributed by atoms with van der Waals surface area (Å²) < 4.78 is 5.58. The van der Waals surface area contributed by atoms with E-state index in [1.165, 1.54) is 0 Å². The number of nitrogens with zero attached hydrogens (tertiary/aromatic N) is 3. The minimum Gasteiger partial charge on any atom is -0.424 e. The van der Waals surface area contributed by atoms with Crippen molar-refractivity contribution in [3.8, 4) is 11.8 Å². The van der Waals surface area contributed by atoms with Gasteiger partial charge >= 0.3 is 12.0 Å². The Morgan fingerprint density at radius 2 is 1.82 bits per heavy atom. The van der Waals surface area contributed by atoms with Crippen LogP contribution in [0.2, 0.25) is 0 Å². The number of para-hydroxylation sites is 1. The summed E-state index contributed by atoms with van der Waals surface area (Å²) in [7, 11) is 2.01. The first-order valence-corrected chi connectivity index (χ1v) is 8.99. The first kappa shape index (κ1) is 19.2. The molecule has 0 radical (unpaired) electrons. The van der Waals surface area contributed by atoms with Crippen molar-refractivity contribution in [3.05, 3.63) is 73.1 Å². The van der Waals surface area contributed by atoms with Gasteiger partial charge in [-0.25, -0.2) is 14.8 Å². The molecule has 2 N–H and O–H groups in total. The van der Waals surface area contributed by atoms with Crippen LogP contribution in [-0.4, -0.2) is 35.6 Å². The fourth-order valence-corrected chi connectivity index (χ4v) is 2.55. The molecule has 0 aliphatic rings. The van der Waals surface area contributed by atoms with E-state index >= 15 is 0 Å². The summed E-state index contributed by atoms with van der Waals surface area (Å²) in [6.07, 6.45) is 3.21. The molecule has 0 bridgehead atoms. The number of hydrogen-bond donors (Lipinski definition) is 2. The third-order valence-corrected chi connectivity index (χ3v) is 4.23. The topological polar surface area (TPSA) is 79.4 Å². The lowest BCUT2D eigenvalue weighted by Crippen LogP contribution is -2.41. The van der Waals surface area contributed by atoms with E-state index in [-0.39, 0.29) is 18.1 Å². The van der Waals surface area contributed by atoms with E-state index in [1.807, 2.05) is 37.4 Å². The Labute approximate surface area is 164 Å². The number of likely N-dealkylation sites (N-methyl/N-ethyl adjacent to an activating group) is 1. The van der Waals surface area contributed by atoms with E-state index in [1.54, 1.807) is 42.7 Å². The number of urea groups is 1. The number of carbonyl (C=O) groups is 1. The summed E-state index contributed by atoms with van der Waals surface area (Å²) in [6, 6.07) is 18.9. The molecule has 0 aliphatic heterocycles. The Morgan fingerprint density at radius 3 is 2.57 bits per heavy atom. The minimum absolute atomic E-state index is 0.137. The lowest BCUT2D eigenvalue weighted by molar-refractivity contribution is 0.251. The van der Waals surface area contributed by atoms with Gasteiger partial charge in [-0.3, -0.25) is 0 Å². The van der Waals surface area contributed by atoms with Crippen molar-refractivity contribution in [2.45, 2.75) is 13.0 Å². The fourth-order valence-electron chi connectivity index (χ4n) is 2.55. The number of aromatic nitrogens is 2. The molecule has 2 aromatic carbocycles. The number of nitrogens with one attached hydrogen (secondary N) is 2. The molecule has 0 fully saturated rings. The predicted octanol–water partition coefficient (Wildman–Crippen LogP) is 3.92. The van der Waals surface area contributed by atoms with Crippen molar-refractivity contribution < 1.29 is 9.53 Å². The van der Waals surface area contributed by atoms with Crippen LogP contribution >= 0.6 is 0 Å². The van der Waals surface area contributed by atoms with Crippen molar-refractivity contribution in [3.63, 3.8) is 0 Å². The van der Waals surface area contributed by atoms with Gasteiger partial charge in [-0.05, 0) is 37.3 Å².